The molecule has 5 heteroatoms. The molecule has 2 N–H and O–H groups in total. The highest BCUT2D eigenvalue weighted by Gasteiger charge is 2.31. The summed E-state index contributed by atoms with van der Waals surface area (Å²) >= 11 is 0. The van der Waals surface area contributed by atoms with E-state index in [0.717, 1.165) is 61.1 Å². The van der Waals surface area contributed by atoms with Gasteiger partial charge in [0.25, 0.3) is 0 Å². The van der Waals surface area contributed by atoms with Crippen molar-refractivity contribution in [2.75, 3.05) is 0 Å². The molecule has 0 radical (unpaired) electrons. The minimum atomic E-state index is -0.690. The molecule has 0 aliphatic heterocycles. The SMILES string of the molecule is CC(C)(C)[C@H]1CC[C@H](Oc2ccc(-c3cccc(CNC4CCC(C(=O)O)C4)c3)cc2CF)CC1. The van der Waals surface area contributed by atoms with E-state index < -0.39 is 12.6 Å². The maximum absolute atomic E-state index is 14.0. The van der Waals surface area contributed by atoms with Crippen LogP contribution < -0.4 is 10.1 Å². The van der Waals surface area contributed by atoms with Crippen molar-refractivity contribution in [1.82, 2.24) is 5.32 Å². The van der Waals surface area contributed by atoms with Crippen LogP contribution in [0.25, 0.3) is 11.1 Å². The first-order valence-corrected chi connectivity index (χ1v) is 13.1. The molecule has 2 aliphatic carbocycles. The Bertz CT molecular complexity index is 1010. The highest BCUT2D eigenvalue weighted by Crippen LogP contribution is 2.39. The first-order chi connectivity index (χ1) is 16.7. The van der Waals surface area contributed by atoms with Crippen LogP contribution in [0, 0.1) is 17.3 Å². The Kier molecular flexibility index (Phi) is 8.16. The van der Waals surface area contributed by atoms with Crippen LogP contribution in [0.2, 0.25) is 0 Å². The summed E-state index contributed by atoms with van der Waals surface area (Å²) in [6.07, 6.45) is 6.87. The van der Waals surface area contributed by atoms with Gasteiger partial charge in [0, 0.05) is 18.2 Å². The molecule has 2 saturated carbocycles. The third-order valence-electron chi connectivity index (χ3n) is 8.03. The zero-order chi connectivity index (χ0) is 25.0. The van der Waals surface area contributed by atoms with Crippen LogP contribution in [0.5, 0.6) is 5.75 Å². The number of aliphatic carboxylic acids is 1. The van der Waals surface area contributed by atoms with Crippen molar-refractivity contribution in [1.29, 1.82) is 0 Å². The Morgan fingerprint density at radius 3 is 2.43 bits per heavy atom. The monoisotopic (exact) mass is 481 g/mol. The molecule has 190 valence electrons. The fourth-order valence-corrected chi connectivity index (χ4v) is 5.72. The lowest BCUT2D eigenvalue weighted by Gasteiger charge is -2.37. The highest BCUT2D eigenvalue weighted by molar-refractivity contribution is 5.70. The van der Waals surface area contributed by atoms with Crippen LogP contribution in [-0.2, 0) is 18.0 Å². The van der Waals surface area contributed by atoms with Gasteiger partial charge in [-0.2, -0.15) is 0 Å². The van der Waals surface area contributed by atoms with Gasteiger partial charge in [0.05, 0.1) is 12.0 Å². The third kappa shape index (κ3) is 6.63. The molecule has 0 aromatic heterocycles. The summed E-state index contributed by atoms with van der Waals surface area (Å²) in [4.78, 5) is 11.2. The maximum Gasteiger partial charge on any atom is 0.306 e. The highest BCUT2D eigenvalue weighted by atomic mass is 19.1. The first kappa shape index (κ1) is 25.7. The standard InChI is InChI=1S/C30H40FNO3/c1-30(2,3)25-9-12-27(13-10-25)35-28-14-8-22(16-24(28)18-31)21-6-4-5-20(15-21)19-32-26-11-7-23(17-26)29(33)34/h4-6,8,14-16,23,25-27,32H,7,9-13,17-19H2,1-3H3,(H,33,34)/t23?,25-,26?,27-. The minimum Gasteiger partial charge on any atom is -0.490 e. The second-order valence-corrected chi connectivity index (χ2v) is 11.5. The molecule has 35 heavy (non-hydrogen) atoms. The van der Waals surface area contributed by atoms with Gasteiger partial charge in [0.1, 0.15) is 12.4 Å². The van der Waals surface area contributed by atoms with Gasteiger partial charge in [0.15, 0.2) is 0 Å². The number of halogens is 1. The van der Waals surface area contributed by atoms with Crippen molar-refractivity contribution < 1.29 is 19.0 Å². The van der Waals surface area contributed by atoms with E-state index in [4.69, 9.17) is 4.74 Å². The summed E-state index contributed by atoms with van der Waals surface area (Å²) in [5.41, 5.74) is 4.11. The van der Waals surface area contributed by atoms with Gasteiger partial charge < -0.3 is 15.2 Å². The molecular weight excluding hydrogens is 441 g/mol. The Morgan fingerprint density at radius 1 is 1.03 bits per heavy atom. The van der Waals surface area contributed by atoms with Gasteiger partial charge in [-0.3, -0.25) is 4.79 Å². The summed E-state index contributed by atoms with van der Waals surface area (Å²) in [7, 11) is 0. The summed E-state index contributed by atoms with van der Waals surface area (Å²) in [6, 6.07) is 14.4. The Balaban J connectivity index is 1.38. The number of alkyl halides is 1. The lowest BCUT2D eigenvalue weighted by molar-refractivity contribution is -0.141. The van der Waals surface area contributed by atoms with Crippen molar-refractivity contribution in [3.63, 3.8) is 0 Å². The molecule has 0 amide bonds. The van der Waals surface area contributed by atoms with Crippen molar-refractivity contribution in [3.8, 4) is 16.9 Å². The van der Waals surface area contributed by atoms with Crippen molar-refractivity contribution in [2.45, 2.75) is 91.1 Å². The number of carboxylic acids is 1. The van der Waals surface area contributed by atoms with Crippen LogP contribution in [-0.4, -0.2) is 23.2 Å². The molecule has 0 bridgehead atoms. The summed E-state index contributed by atoms with van der Waals surface area (Å²) < 4.78 is 20.3. The van der Waals surface area contributed by atoms with Gasteiger partial charge >= 0.3 is 5.97 Å². The lowest BCUT2D eigenvalue weighted by atomic mass is 9.72. The van der Waals surface area contributed by atoms with E-state index in [1.165, 1.54) is 0 Å². The number of hydrogen-bond acceptors (Lipinski definition) is 3. The third-order valence-corrected chi connectivity index (χ3v) is 8.03. The van der Waals surface area contributed by atoms with Crippen molar-refractivity contribution >= 4 is 5.97 Å². The van der Waals surface area contributed by atoms with Gasteiger partial charge in [-0.25, -0.2) is 4.39 Å². The van der Waals surface area contributed by atoms with Gasteiger partial charge in [-0.05, 0) is 91.2 Å². The lowest BCUT2D eigenvalue weighted by Crippen LogP contribution is -2.30. The van der Waals surface area contributed by atoms with E-state index in [0.29, 0.717) is 29.7 Å². The fourth-order valence-electron chi connectivity index (χ4n) is 5.72. The van der Waals surface area contributed by atoms with E-state index >= 15 is 0 Å². The largest absolute Gasteiger partial charge is 0.490 e. The molecule has 4 nitrogen and oxygen atoms in total. The van der Waals surface area contributed by atoms with Crippen LogP contribution in [0.4, 0.5) is 4.39 Å². The van der Waals surface area contributed by atoms with Gasteiger partial charge in [-0.15, -0.1) is 0 Å². The Hall–Kier alpha value is -2.40. The molecule has 2 fully saturated rings. The quantitative estimate of drug-likeness (QED) is 0.420. The predicted molar refractivity (Wildman–Crippen MR) is 138 cm³/mol. The molecule has 2 aromatic carbocycles. The summed E-state index contributed by atoms with van der Waals surface area (Å²) in [5, 5.41) is 12.7. The number of nitrogens with one attached hydrogen (secondary N) is 1. The van der Waals surface area contributed by atoms with E-state index in [1.54, 1.807) is 0 Å². The minimum absolute atomic E-state index is 0.162. The molecule has 0 saturated heterocycles. The molecule has 2 atom stereocenters. The second-order valence-electron chi connectivity index (χ2n) is 11.5. The van der Waals surface area contributed by atoms with Crippen molar-refractivity contribution in [3.05, 3.63) is 53.6 Å². The summed E-state index contributed by atoms with van der Waals surface area (Å²) in [6.45, 7) is 7.08. The molecule has 2 aromatic rings. The number of carbonyl (C=O) groups is 1. The van der Waals surface area contributed by atoms with Crippen molar-refractivity contribution in [2.24, 2.45) is 17.3 Å². The topological polar surface area (TPSA) is 58.6 Å². The average Bonchev–Trinajstić information content (AvgIpc) is 3.33. The normalized spacial score (nSPS) is 24.9. The zero-order valence-electron chi connectivity index (χ0n) is 21.4. The number of benzene rings is 2. The van der Waals surface area contributed by atoms with E-state index in [2.05, 4.69) is 38.2 Å². The Labute approximate surface area is 209 Å². The van der Waals surface area contributed by atoms with Gasteiger partial charge in [0.2, 0.25) is 0 Å². The zero-order valence-corrected chi connectivity index (χ0v) is 21.4. The Morgan fingerprint density at radius 2 is 1.77 bits per heavy atom. The smallest absolute Gasteiger partial charge is 0.306 e. The van der Waals surface area contributed by atoms with Crippen LogP contribution in [0.3, 0.4) is 0 Å². The molecule has 2 unspecified atom stereocenters. The number of rotatable bonds is 8. The second kappa shape index (κ2) is 11.1. The average molecular weight is 482 g/mol. The maximum atomic E-state index is 14.0. The molecule has 0 spiro atoms. The van der Waals surface area contributed by atoms with E-state index in [-0.39, 0.29) is 18.1 Å². The number of ether oxygens (including phenoxy) is 1. The number of carboxylic acid groups (broad SMARTS) is 1. The fraction of sp³-hybridized carbons (Fsp3) is 0.567. The van der Waals surface area contributed by atoms with Crippen LogP contribution in [0.1, 0.15) is 76.8 Å². The number of hydrogen-bond donors (Lipinski definition) is 2. The first-order valence-electron chi connectivity index (χ1n) is 13.1. The van der Waals surface area contributed by atoms with Gasteiger partial charge in [-0.1, -0.05) is 45.0 Å². The van der Waals surface area contributed by atoms with Crippen LogP contribution in [0.15, 0.2) is 42.5 Å². The molecule has 4 rings (SSSR count). The van der Waals surface area contributed by atoms with E-state index in [9.17, 15) is 14.3 Å². The molecule has 0 heterocycles. The van der Waals surface area contributed by atoms with Crippen LogP contribution >= 0.6 is 0 Å². The van der Waals surface area contributed by atoms with E-state index in [1.807, 2.05) is 30.3 Å². The molecule has 2 aliphatic rings. The predicted octanol–water partition coefficient (Wildman–Crippen LogP) is 7.15. The molecular formula is C30H40FNO3. The summed E-state index contributed by atoms with van der Waals surface area (Å²) in [5.74, 6) is 0.471.